The molecule has 3 aromatic heterocycles. The fourth-order valence-corrected chi connectivity index (χ4v) is 4.07. The fraction of sp³-hybridized carbons (Fsp3) is 0.0690. The van der Waals surface area contributed by atoms with E-state index in [1.165, 1.54) is 0 Å². The van der Waals surface area contributed by atoms with Gasteiger partial charge in [-0.05, 0) is 49.4 Å². The molecule has 0 aliphatic carbocycles. The van der Waals surface area contributed by atoms with Crippen LogP contribution in [0.1, 0.15) is 40.4 Å². The van der Waals surface area contributed by atoms with Crippen molar-refractivity contribution in [3.05, 3.63) is 102 Å². The summed E-state index contributed by atoms with van der Waals surface area (Å²) in [4.78, 5) is 31.2. The van der Waals surface area contributed by atoms with Gasteiger partial charge in [0.2, 0.25) is 0 Å². The first-order valence-electron chi connectivity index (χ1n) is 11.7. The zero-order chi connectivity index (χ0) is 26.6. The van der Waals surface area contributed by atoms with E-state index in [9.17, 15) is 10.1 Å². The number of amides is 1. The molecule has 2 aromatic carbocycles. The lowest BCUT2D eigenvalue weighted by Gasteiger charge is -2.16. The maximum Gasteiger partial charge on any atom is 0.274 e. The number of benzene rings is 2. The van der Waals surface area contributed by atoms with Gasteiger partial charge in [0, 0.05) is 22.7 Å². The maximum atomic E-state index is 13.3. The number of hydrogen-bond acceptors (Lipinski definition) is 8. The minimum Gasteiger partial charge on any atom is -0.382 e. The molecule has 1 atom stereocenters. The van der Waals surface area contributed by atoms with E-state index in [4.69, 9.17) is 11.0 Å². The van der Waals surface area contributed by atoms with Crippen LogP contribution >= 0.6 is 0 Å². The molecule has 5 aromatic rings. The summed E-state index contributed by atoms with van der Waals surface area (Å²) < 4.78 is 0. The van der Waals surface area contributed by atoms with Gasteiger partial charge in [0.25, 0.3) is 5.91 Å². The molecule has 0 radical (unpaired) electrons. The number of nitrogens with one attached hydrogen (secondary N) is 1. The highest BCUT2D eigenvalue weighted by atomic mass is 16.2. The van der Waals surface area contributed by atoms with E-state index in [-0.39, 0.29) is 17.2 Å². The predicted octanol–water partition coefficient (Wildman–Crippen LogP) is 4.57. The monoisotopic (exact) mass is 496 g/mol. The van der Waals surface area contributed by atoms with E-state index in [0.717, 1.165) is 10.9 Å². The van der Waals surface area contributed by atoms with Gasteiger partial charge in [-0.3, -0.25) is 9.78 Å². The Bertz CT molecular complexity index is 1780. The zero-order valence-corrected chi connectivity index (χ0v) is 20.3. The molecule has 182 valence electrons. The average molecular weight is 497 g/mol. The van der Waals surface area contributed by atoms with Crippen LogP contribution in [-0.4, -0.2) is 25.8 Å². The number of pyridine rings is 2. The van der Waals surface area contributed by atoms with Gasteiger partial charge in [0.1, 0.15) is 11.8 Å². The topological polar surface area (TPSA) is 154 Å². The number of nitriles is 2. The molecule has 38 heavy (non-hydrogen) atoms. The number of nitrogens with two attached hydrogens (primary N) is 1. The van der Waals surface area contributed by atoms with Gasteiger partial charge < -0.3 is 11.1 Å². The highest BCUT2D eigenvalue weighted by Crippen LogP contribution is 2.33. The molecular formula is C29H20N8O. The highest BCUT2D eigenvalue weighted by molar-refractivity contribution is 5.98. The largest absolute Gasteiger partial charge is 0.382 e. The van der Waals surface area contributed by atoms with Crippen molar-refractivity contribution in [2.45, 2.75) is 13.0 Å². The van der Waals surface area contributed by atoms with E-state index < -0.39 is 11.9 Å². The number of nitrogens with zero attached hydrogens (tertiary/aromatic N) is 6. The summed E-state index contributed by atoms with van der Waals surface area (Å²) in [6.45, 7) is 1.75. The lowest BCUT2D eigenvalue weighted by atomic mass is 10.0. The molecule has 9 heteroatoms. The van der Waals surface area contributed by atoms with E-state index in [1.54, 1.807) is 49.5 Å². The van der Waals surface area contributed by atoms with Crippen molar-refractivity contribution < 1.29 is 4.79 Å². The number of carbonyl (C=O) groups excluding carboxylic acids is 1. The van der Waals surface area contributed by atoms with Crippen LogP contribution in [-0.2, 0) is 0 Å². The van der Waals surface area contributed by atoms with Gasteiger partial charge >= 0.3 is 0 Å². The van der Waals surface area contributed by atoms with Crippen LogP contribution in [0.4, 0.5) is 5.82 Å². The summed E-state index contributed by atoms with van der Waals surface area (Å²) in [7, 11) is 0. The minimum atomic E-state index is -0.535. The van der Waals surface area contributed by atoms with Crippen molar-refractivity contribution in [2.24, 2.45) is 0 Å². The third-order valence-corrected chi connectivity index (χ3v) is 5.96. The van der Waals surface area contributed by atoms with Gasteiger partial charge in [-0.2, -0.15) is 10.5 Å². The third-order valence-electron chi connectivity index (χ3n) is 5.96. The zero-order valence-electron chi connectivity index (χ0n) is 20.3. The lowest BCUT2D eigenvalue weighted by molar-refractivity contribution is 0.0935. The average Bonchev–Trinajstić information content (AvgIpc) is 2.96. The van der Waals surface area contributed by atoms with E-state index in [1.807, 2.05) is 42.5 Å². The second-order valence-electron chi connectivity index (χ2n) is 8.51. The summed E-state index contributed by atoms with van der Waals surface area (Å²) in [6.07, 6.45) is 1.72. The van der Waals surface area contributed by atoms with Crippen molar-refractivity contribution in [3.8, 4) is 34.7 Å². The molecule has 0 saturated carbocycles. The van der Waals surface area contributed by atoms with Crippen molar-refractivity contribution >= 4 is 22.6 Å². The van der Waals surface area contributed by atoms with Gasteiger partial charge in [0.05, 0.1) is 40.3 Å². The Labute approximate surface area is 218 Å². The molecule has 0 saturated heterocycles. The van der Waals surface area contributed by atoms with Gasteiger partial charge in [-0.1, -0.05) is 30.3 Å². The number of anilines is 1. The SMILES string of the molecule is C[C@H](NC(=O)c1nc(-c2ccc3ncccc3c2)c(-c2cccc(C#N)c2)nc1N)c1cccc(C#N)n1. The van der Waals surface area contributed by atoms with Gasteiger partial charge in [0.15, 0.2) is 11.5 Å². The van der Waals surface area contributed by atoms with Crippen LogP contribution in [0.2, 0.25) is 0 Å². The quantitative estimate of drug-likeness (QED) is 0.358. The molecule has 0 bridgehead atoms. The van der Waals surface area contributed by atoms with Crippen molar-refractivity contribution in [1.29, 1.82) is 10.5 Å². The number of nitrogen functional groups attached to an aromatic ring is 1. The second-order valence-corrected chi connectivity index (χ2v) is 8.51. The number of carbonyl (C=O) groups is 1. The first-order valence-corrected chi connectivity index (χ1v) is 11.7. The van der Waals surface area contributed by atoms with Gasteiger partial charge in [-0.25, -0.2) is 15.0 Å². The fourth-order valence-electron chi connectivity index (χ4n) is 4.07. The molecule has 9 nitrogen and oxygen atoms in total. The smallest absolute Gasteiger partial charge is 0.274 e. The molecule has 0 aliphatic rings. The highest BCUT2D eigenvalue weighted by Gasteiger charge is 2.22. The number of rotatable bonds is 5. The van der Waals surface area contributed by atoms with E-state index >= 15 is 0 Å². The number of aromatic nitrogens is 4. The summed E-state index contributed by atoms with van der Waals surface area (Å²) >= 11 is 0. The Kier molecular flexibility index (Phi) is 6.41. The molecule has 0 unspecified atom stereocenters. The van der Waals surface area contributed by atoms with Crippen LogP contribution in [0, 0.1) is 22.7 Å². The normalized spacial score (nSPS) is 11.3. The Balaban J connectivity index is 1.61. The van der Waals surface area contributed by atoms with Crippen molar-refractivity contribution in [1.82, 2.24) is 25.3 Å². The number of fused-ring (bicyclic) bond motifs is 1. The molecule has 0 spiro atoms. The number of hydrogen-bond donors (Lipinski definition) is 2. The standard InChI is InChI=1S/C29H20N8O/c1-17(23-9-3-8-22(16-31)35-23)34-29(38)27-28(32)37-26(20-6-2-5-18(13-20)15-30)25(36-27)21-10-11-24-19(14-21)7-4-12-33-24/h2-14,17H,1H3,(H2,32,37)(H,34,38)/t17-/m0/s1. The minimum absolute atomic E-state index is 0.0465. The molecule has 3 N–H and O–H groups in total. The summed E-state index contributed by atoms with van der Waals surface area (Å²) in [6, 6.07) is 25.0. The summed E-state index contributed by atoms with van der Waals surface area (Å²) in [5.41, 5.74) is 10.5. The molecule has 1 amide bonds. The Morgan fingerprint density at radius 2 is 1.68 bits per heavy atom. The maximum absolute atomic E-state index is 13.3. The first kappa shape index (κ1) is 24.0. The van der Waals surface area contributed by atoms with Crippen LogP contribution in [0.25, 0.3) is 33.4 Å². The third kappa shape index (κ3) is 4.72. The second kappa shape index (κ2) is 10.1. The summed E-state index contributed by atoms with van der Waals surface area (Å²) in [5.74, 6) is -0.593. The van der Waals surface area contributed by atoms with Crippen LogP contribution < -0.4 is 11.1 Å². The van der Waals surface area contributed by atoms with Crippen LogP contribution in [0.15, 0.2) is 79.0 Å². The van der Waals surface area contributed by atoms with Gasteiger partial charge in [-0.15, -0.1) is 0 Å². The van der Waals surface area contributed by atoms with E-state index in [0.29, 0.717) is 33.8 Å². The lowest BCUT2D eigenvalue weighted by Crippen LogP contribution is -2.29. The molecule has 3 heterocycles. The Morgan fingerprint density at radius 3 is 2.50 bits per heavy atom. The van der Waals surface area contributed by atoms with Crippen molar-refractivity contribution in [3.63, 3.8) is 0 Å². The predicted molar refractivity (Wildman–Crippen MR) is 142 cm³/mol. The summed E-state index contributed by atoms with van der Waals surface area (Å²) in [5, 5.41) is 22.3. The Hall–Kier alpha value is -5.67. The molecule has 5 rings (SSSR count). The van der Waals surface area contributed by atoms with Crippen LogP contribution in [0.5, 0.6) is 0 Å². The first-order chi connectivity index (χ1) is 18.5. The van der Waals surface area contributed by atoms with E-state index in [2.05, 4.69) is 31.3 Å². The van der Waals surface area contributed by atoms with Crippen LogP contribution in [0.3, 0.4) is 0 Å². The van der Waals surface area contributed by atoms with Crippen molar-refractivity contribution in [2.75, 3.05) is 5.73 Å². The Morgan fingerprint density at radius 1 is 0.895 bits per heavy atom. The molecule has 0 fully saturated rings. The molecular weight excluding hydrogens is 476 g/mol. The molecule has 0 aliphatic heterocycles.